The van der Waals surface area contributed by atoms with Gasteiger partial charge in [-0.2, -0.15) is 8.42 Å². The van der Waals surface area contributed by atoms with Gasteiger partial charge in [0.15, 0.2) is 0 Å². The van der Waals surface area contributed by atoms with Crippen molar-refractivity contribution in [3.05, 3.63) is 12.2 Å². The Morgan fingerprint density at radius 2 is 1.54 bits per heavy atom. The van der Waals surface area contributed by atoms with E-state index in [9.17, 15) is 22.6 Å². The summed E-state index contributed by atoms with van der Waals surface area (Å²) in [6.45, 7) is 7.38. The third-order valence-corrected chi connectivity index (χ3v) is 6.05. The summed E-state index contributed by atoms with van der Waals surface area (Å²) in [7, 11) is -4.10. The zero-order valence-corrected chi connectivity index (χ0v) is 18.0. The Morgan fingerprint density at radius 1 is 0.964 bits per heavy atom. The minimum absolute atomic E-state index is 0.121. The summed E-state index contributed by atoms with van der Waals surface area (Å²) in [4.78, 5) is 22.5. The van der Waals surface area contributed by atoms with Crippen molar-refractivity contribution in [1.29, 1.82) is 0 Å². The van der Waals surface area contributed by atoms with Crippen molar-refractivity contribution in [3.8, 4) is 0 Å². The molecule has 0 aliphatic carbocycles. The van der Waals surface area contributed by atoms with Crippen molar-refractivity contribution < 1.29 is 32.4 Å². The highest BCUT2D eigenvalue weighted by Crippen LogP contribution is 2.20. The lowest BCUT2D eigenvalue weighted by Gasteiger charge is -2.18. The standard InChI is InChI=1S/C20H36O7S/c1-4-6-7-8-9-10-13-18(28(24,25)26)14-11-12-17(5-2)27-20(23)16(3)15-19(21)22/h17-18H,3-15H2,1-2H3,(H,21,22)(H,24,25,26). The number of carboxylic acids is 1. The van der Waals surface area contributed by atoms with Crippen molar-refractivity contribution in [3.63, 3.8) is 0 Å². The van der Waals surface area contributed by atoms with Crippen molar-refractivity contribution in [2.75, 3.05) is 0 Å². The number of rotatable bonds is 17. The third kappa shape index (κ3) is 12.9. The van der Waals surface area contributed by atoms with E-state index in [1.54, 1.807) is 0 Å². The van der Waals surface area contributed by atoms with Crippen LogP contribution < -0.4 is 0 Å². The van der Waals surface area contributed by atoms with Gasteiger partial charge in [0.1, 0.15) is 6.10 Å². The molecular weight excluding hydrogens is 384 g/mol. The Bertz CT molecular complexity index is 583. The van der Waals surface area contributed by atoms with E-state index in [1.807, 2.05) is 6.92 Å². The minimum atomic E-state index is -4.10. The molecule has 2 atom stereocenters. The predicted molar refractivity (Wildman–Crippen MR) is 109 cm³/mol. The molecule has 0 aromatic heterocycles. The van der Waals surface area contributed by atoms with Crippen molar-refractivity contribution in [1.82, 2.24) is 0 Å². The summed E-state index contributed by atoms with van der Waals surface area (Å²) >= 11 is 0. The molecule has 0 aliphatic heterocycles. The van der Waals surface area contributed by atoms with E-state index in [0.717, 1.165) is 32.1 Å². The first-order valence-corrected chi connectivity index (χ1v) is 11.7. The molecule has 0 aromatic rings. The molecule has 7 nitrogen and oxygen atoms in total. The van der Waals surface area contributed by atoms with Crippen LogP contribution >= 0.6 is 0 Å². The average Bonchev–Trinajstić information content (AvgIpc) is 2.60. The number of carbonyl (C=O) groups excluding carboxylic acids is 1. The fraction of sp³-hybridized carbons (Fsp3) is 0.800. The van der Waals surface area contributed by atoms with E-state index < -0.39 is 39.8 Å². The van der Waals surface area contributed by atoms with E-state index in [0.29, 0.717) is 32.1 Å². The molecule has 0 saturated heterocycles. The van der Waals surface area contributed by atoms with Gasteiger partial charge in [0.2, 0.25) is 0 Å². The Kier molecular flexibility index (Phi) is 13.8. The Hall–Kier alpha value is -1.41. The highest BCUT2D eigenvalue weighted by atomic mass is 32.2. The third-order valence-electron chi connectivity index (χ3n) is 4.74. The summed E-state index contributed by atoms with van der Waals surface area (Å²) in [6, 6.07) is 0. The normalized spacial score (nSPS) is 13.7. The second kappa shape index (κ2) is 14.6. The molecular formula is C20H36O7S. The van der Waals surface area contributed by atoms with Gasteiger partial charge in [-0.3, -0.25) is 9.35 Å². The van der Waals surface area contributed by atoms with Gasteiger partial charge >= 0.3 is 11.9 Å². The molecule has 0 radical (unpaired) electrons. The molecule has 0 aromatic carbocycles. The largest absolute Gasteiger partial charge is 0.481 e. The molecule has 28 heavy (non-hydrogen) atoms. The predicted octanol–water partition coefficient (Wildman–Crippen LogP) is 4.52. The van der Waals surface area contributed by atoms with Gasteiger partial charge in [-0.05, 0) is 32.1 Å². The van der Waals surface area contributed by atoms with Gasteiger partial charge in [-0.25, -0.2) is 4.79 Å². The summed E-state index contributed by atoms with van der Waals surface area (Å²) in [5, 5.41) is 7.89. The second-order valence-corrected chi connectivity index (χ2v) is 8.93. The van der Waals surface area contributed by atoms with E-state index in [4.69, 9.17) is 9.84 Å². The maximum Gasteiger partial charge on any atom is 0.334 e. The van der Waals surface area contributed by atoms with Gasteiger partial charge in [-0.1, -0.05) is 59.0 Å². The SMILES string of the molecule is C=C(CC(=O)O)C(=O)OC(CC)CCCC(CCCCCCCC)S(=O)(=O)O. The van der Waals surface area contributed by atoms with Gasteiger partial charge in [0.25, 0.3) is 10.1 Å². The molecule has 0 heterocycles. The fourth-order valence-corrected chi connectivity index (χ4v) is 3.93. The molecule has 2 N–H and O–H groups in total. The Balaban J connectivity index is 4.38. The summed E-state index contributed by atoms with van der Waals surface area (Å²) in [6.07, 6.45) is 7.54. The smallest absolute Gasteiger partial charge is 0.334 e. The number of aliphatic carboxylic acids is 1. The quantitative estimate of drug-likeness (QED) is 0.154. The number of unbranched alkanes of at least 4 members (excludes halogenated alkanes) is 5. The minimum Gasteiger partial charge on any atom is -0.481 e. The number of ether oxygens (including phenoxy) is 1. The average molecular weight is 421 g/mol. The number of esters is 1. The molecule has 0 bridgehead atoms. The summed E-state index contributed by atoms with van der Waals surface area (Å²) in [5.74, 6) is -1.90. The van der Waals surface area contributed by atoms with Crippen LogP contribution in [-0.4, -0.2) is 41.4 Å². The second-order valence-electron chi connectivity index (χ2n) is 7.23. The summed E-state index contributed by atoms with van der Waals surface area (Å²) < 4.78 is 37.9. The Labute approximate surface area is 169 Å². The molecule has 0 saturated carbocycles. The zero-order chi connectivity index (χ0) is 21.6. The lowest BCUT2D eigenvalue weighted by Crippen LogP contribution is -2.23. The van der Waals surface area contributed by atoms with Crippen LogP contribution in [0, 0.1) is 0 Å². The maximum atomic E-state index is 11.8. The van der Waals surface area contributed by atoms with Crippen molar-refractivity contribution in [2.45, 2.75) is 102 Å². The summed E-state index contributed by atoms with van der Waals surface area (Å²) in [5.41, 5.74) is -0.121. The van der Waals surface area contributed by atoms with Gasteiger partial charge in [-0.15, -0.1) is 0 Å². The molecule has 0 rings (SSSR count). The Morgan fingerprint density at radius 3 is 2.07 bits per heavy atom. The topological polar surface area (TPSA) is 118 Å². The van der Waals surface area contributed by atoms with Gasteiger partial charge in [0.05, 0.1) is 11.7 Å². The number of hydrogen-bond donors (Lipinski definition) is 2. The van der Waals surface area contributed by atoms with Crippen LogP contribution in [0.25, 0.3) is 0 Å². The number of hydrogen-bond acceptors (Lipinski definition) is 5. The lowest BCUT2D eigenvalue weighted by molar-refractivity contribution is -0.147. The highest BCUT2D eigenvalue weighted by Gasteiger charge is 2.23. The van der Waals surface area contributed by atoms with Crippen molar-refractivity contribution >= 4 is 22.1 Å². The first kappa shape index (κ1) is 26.6. The zero-order valence-electron chi connectivity index (χ0n) is 17.2. The molecule has 0 aliphatic rings. The van der Waals surface area contributed by atoms with Crippen molar-refractivity contribution in [2.24, 2.45) is 0 Å². The molecule has 0 spiro atoms. The maximum absolute atomic E-state index is 11.8. The van der Waals surface area contributed by atoms with Crippen LogP contribution in [-0.2, 0) is 24.4 Å². The molecule has 0 fully saturated rings. The lowest BCUT2D eigenvalue weighted by atomic mass is 10.0. The first-order valence-electron chi connectivity index (χ1n) is 10.2. The van der Waals surface area contributed by atoms with E-state index in [-0.39, 0.29) is 5.57 Å². The van der Waals surface area contributed by atoms with Crippen LogP contribution in [0.4, 0.5) is 0 Å². The highest BCUT2D eigenvalue weighted by molar-refractivity contribution is 7.86. The molecule has 0 amide bonds. The molecule has 2 unspecified atom stereocenters. The molecule has 164 valence electrons. The van der Waals surface area contributed by atoms with Crippen LogP contribution in [0.2, 0.25) is 0 Å². The number of carboxylic acid groups (broad SMARTS) is 1. The van der Waals surface area contributed by atoms with Crippen LogP contribution in [0.1, 0.15) is 90.9 Å². The van der Waals surface area contributed by atoms with Crippen LogP contribution in [0.3, 0.4) is 0 Å². The van der Waals surface area contributed by atoms with E-state index >= 15 is 0 Å². The fourth-order valence-electron chi connectivity index (χ4n) is 3.00. The first-order chi connectivity index (χ1) is 13.1. The monoisotopic (exact) mass is 420 g/mol. The van der Waals surface area contributed by atoms with E-state index in [1.165, 1.54) is 6.42 Å². The van der Waals surface area contributed by atoms with Crippen LogP contribution in [0.5, 0.6) is 0 Å². The van der Waals surface area contributed by atoms with E-state index in [2.05, 4.69) is 13.5 Å². The van der Waals surface area contributed by atoms with Crippen LogP contribution in [0.15, 0.2) is 12.2 Å². The number of carbonyl (C=O) groups is 2. The molecule has 8 heteroatoms. The van der Waals surface area contributed by atoms with Gasteiger partial charge in [0, 0.05) is 5.57 Å². The van der Waals surface area contributed by atoms with Gasteiger partial charge < -0.3 is 9.84 Å².